The number of nitrogens with two attached hydrogens (primary N) is 1. The molecule has 1 aliphatic rings. The van der Waals surface area contributed by atoms with Crippen molar-refractivity contribution in [3.8, 4) is 0 Å². The van der Waals surface area contributed by atoms with Crippen molar-refractivity contribution in [2.45, 2.75) is 39.3 Å². The SMILES string of the molecule is Cc1cccc(N2CCC(N)C(C)C2C)c1. The average molecular weight is 218 g/mol. The third-order valence-electron chi connectivity index (χ3n) is 3.96. The van der Waals surface area contributed by atoms with Gasteiger partial charge in [0.15, 0.2) is 0 Å². The number of piperidine rings is 1. The summed E-state index contributed by atoms with van der Waals surface area (Å²) in [7, 11) is 0. The molecule has 2 heteroatoms. The lowest BCUT2D eigenvalue weighted by molar-refractivity contribution is 0.315. The van der Waals surface area contributed by atoms with Gasteiger partial charge in [0.25, 0.3) is 0 Å². The molecule has 1 fully saturated rings. The molecule has 88 valence electrons. The van der Waals surface area contributed by atoms with Gasteiger partial charge < -0.3 is 10.6 Å². The zero-order valence-corrected chi connectivity index (χ0v) is 10.5. The molecule has 2 N–H and O–H groups in total. The van der Waals surface area contributed by atoms with Crippen LogP contribution in [-0.4, -0.2) is 18.6 Å². The molecule has 0 aliphatic carbocycles. The molecule has 3 atom stereocenters. The largest absolute Gasteiger partial charge is 0.368 e. The van der Waals surface area contributed by atoms with Crippen LogP contribution in [0.1, 0.15) is 25.8 Å². The Bertz CT molecular complexity index is 362. The Balaban J connectivity index is 2.21. The Kier molecular flexibility index (Phi) is 3.20. The highest BCUT2D eigenvalue weighted by Gasteiger charge is 2.30. The fraction of sp³-hybridized carbons (Fsp3) is 0.571. The summed E-state index contributed by atoms with van der Waals surface area (Å²) in [5.41, 5.74) is 8.78. The van der Waals surface area contributed by atoms with E-state index in [1.807, 2.05) is 0 Å². The van der Waals surface area contributed by atoms with E-state index in [1.54, 1.807) is 0 Å². The van der Waals surface area contributed by atoms with E-state index in [0.29, 0.717) is 18.0 Å². The van der Waals surface area contributed by atoms with Crippen LogP contribution < -0.4 is 10.6 Å². The van der Waals surface area contributed by atoms with Crippen molar-refractivity contribution in [2.24, 2.45) is 11.7 Å². The van der Waals surface area contributed by atoms with Crippen LogP contribution in [-0.2, 0) is 0 Å². The summed E-state index contributed by atoms with van der Waals surface area (Å²) in [5, 5.41) is 0. The number of hydrogen-bond donors (Lipinski definition) is 1. The molecule has 0 aromatic heterocycles. The lowest BCUT2D eigenvalue weighted by Crippen LogP contribution is -2.51. The van der Waals surface area contributed by atoms with Gasteiger partial charge in [-0.25, -0.2) is 0 Å². The summed E-state index contributed by atoms with van der Waals surface area (Å²) in [6.07, 6.45) is 1.10. The summed E-state index contributed by atoms with van der Waals surface area (Å²) in [6, 6.07) is 9.64. The van der Waals surface area contributed by atoms with Gasteiger partial charge in [0.2, 0.25) is 0 Å². The van der Waals surface area contributed by atoms with Crippen molar-refractivity contribution >= 4 is 5.69 Å². The maximum atomic E-state index is 6.11. The van der Waals surface area contributed by atoms with Crippen LogP contribution in [0.15, 0.2) is 24.3 Å². The predicted octanol–water partition coefficient (Wildman–Crippen LogP) is 2.56. The highest BCUT2D eigenvalue weighted by Crippen LogP contribution is 2.28. The first-order valence-corrected chi connectivity index (χ1v) is 6.18. The molecule has 16 heavy (non-hydrogen) atoms. The molecular formula is C14H22N2. The van der Waals surface area contributed by atoms with Crippen molar-refractivity contribution in [2.75, 3.05) is 11.4 Å². The molecule has 1 aliphatic heterocycles. The topological polar surface area (TPSA) is 29.3 Å². The number of hydrogen-bond acceptors (Lipinski definition) is 2. The van der Waals surface area contributed by atoms with Gasteiger partial charge >= 0.3 is 0 Å². The standard InChI is InChI=1S/C14H22N2/c1-10-5-4-6-13(9-10)16-8-7-14(15)11(2)12(16)3/h4-6,9,11-12,14H,7-8,15H2,1-3H3. The quantitative estimate of drug-likeness (QED) is 0.785. The Labute approximate surface area is 98.4 Å². The summed E-state index contributed by atoms with van der Waals surface area (Å²) in [6.45, 7) is 7.77. The van der Waals surface area contributed by atoms with Gasteiger partial charge in [-0.2, -0.15) is 0 Å². The zero-order chi connectivity index (χ0) is 11.7. The van der Waals surface area contributed by atoms with Crippen LogP contribution >= 0.6 is 0 Å². The van der Waals surface area contributed by atoms with Crippen LogP contribution in [0.25, 0.3) is 0 Å². The Morgan fingerprint density at radius 2 is 2.06 bits per heavy atom. The van der Waals surface area contributed by atoms with E-state index < -0.39 is 0 Å². The fourth-order valence-corrected chi connectivity index (χ4v) is 2.57. The normalized spacial score (nSPS) is 30.5. The maximum Gasteiger partial charge on any atom is 0.0371 e. The maximum absolute atomic E-state index is 6.11. The Morgan fingerprint density at radius 1 is 1.31 bits per heavy atom. The van der Waals surface area contributed by atoms with Gasteiger partial charge in [0, 0.05) is 24.3 Å². The molecular weight excluding hydrogens is 196 g/mol. The van der Waals surface area contributed by atoms with E-state index in [2.05, 4.69) is 49.9 Å². The molecule has 0 saturated carbocycles. The monoisotopic (exact) mass is 218 g/mol. The third kappa shape index (κ3) is 2.07. The second kappa shape index (κ2) is 4.46. The molecule has 3 unspecified atom stereocenters. The van der Waals surface area contributed by atoms with Crippen LogP contribution in [0.3, 0.4) is 0 Å². The first-order valence-electron chi connectivity index (χ1n) is 6.18. The first kappa shape index (κ1) is 11.5. The molecule has 1 heterocycles. The summed E-state index contributed by atoms with van der Waals surface area (Å²) in [4.78, 5) is 2.49. The second-order valence-corrected chi connectivity index (χ2v) is 5.08. The summed E-state index contributed by atoms with van der Waals surface area (Å²) in [5.74, 6) is 0.564. The van der Waals surface area contributed by atoms with E-state index in [1.165, 1.54) is 11.3 Å². The van der Waals surface area contributed by atoms with Crippen LogP contribution in [0.5, 0.6) is 0 Å². The van der Waals surface area contributed by atoms with Gasteiger partial charge in [-0.05, 0) is 43.9 Å². The summed E-state index contributed by atoms with van der Waals surface area (Å²) >= 11 is 0. The van der Waals surface area contributed by atoms with Crippen LogP contribution in [0.4, 0.5) is 5.69 Å². The van der Waals surface area contributed by atoms with E-state index in [9.17, 15) is 0 Å². The van der Waals surface area contributed by atoms with Crippen molar-refractivity contribution in [1.82, 2.24) is 0 Å². The number of anilines is 1. The zero-order valence-electron chi connectivity index (χ0n) is 10.5. The lowest BCUT2D eigenvalue weighted by atomic mass is 9.87. The van der Waals surface area contributed by atoms with E-state index in [-0.39, 0.29) is 0 Å². The molecule has 0 radical (unpaired) electrons. The average Bonchev–Trinajstić information content (AvgIpc) is 2.26. The smallest absolute Gasteiger partial charge is 0.0371 e. The van der Waals surface area contributed by atoms with Crippen molar-refractivity contribution < 1.29 is 0 Å². The van der Waals surface area contributed by atoms with E-state index in [4.69, 9.17) is 5.73 Å². The number of rotatable bonds is 1. The lowest BCUT2D eigenvalue weighted by Gasteiger charge is -2.43. The van der Waals surface area contributed by atoms with E-state index >= 15 is 0 Å². The first-order chi connectivity index (χ1) is 7.59. The summed E-state index contributed by atoms with van der Waals surface area (Å²) < 4.78 is 0. The van der Waals surface area contributed by atoms with Gasteiger partial charge in [-0.3, -0.25) is 0 Å². The van der Waals surface area contributed by atoms with Gasteiger partial charge in [-0.15, -0.1) is 0 Å². The predicted molar refractivity (Wildman–Crippen MR) is 69.7 cm³/mol. The Morgan fingerprint density at radius 3 is 2.75 bits per heavy atom. The van der Waals surface area contributed by atoms with Gasteiger partial charge in [-0.1, -0.05) is 19.1 Å². The molecule has 1 aromatic carbocycles. The van der Waals surface area contributed by atoms with Crippen molar-refractivity contribution in [3.63, 3.8) is 0 Å². The van der Waals surface area contributed by atoms with Crippen molar-refractivity contribution in [3.05, 3.63) is 29.8 Å². The third-order valence-corrected chi connectivity index (χ3v) is 3.96. The number of nitrogens with zero attached hydrogens (tertiary/aromatic N) is 1. The molecule has 2 nitrogen and oxygen atoms in total. The number of aryl methyl sites for hydroxylation is 1. The molecule has 2 rings (SSSR count). The highest BCUT2D eigenvalue weighted by atomic mass is 15.2. The van der Waals surface area contributed by atoms with Gasteiger partial charge in [0.05, 0.1) is 0 Å². The minimum Gasteiger partial charge on any atom is -0.368 e. The molecule has 1 saturated heterocycles. The molecule has 0 spiro atoms. The van der Waals surface area contributed by atoms with Crippen molar-refractivity contribution in [1.29, 1.82) is 0 Å². The second-order valence-electron chi connectivity index (χ2n) is 5.08. The van der Waals surface area contributed by atoms with Crippen LogP contribution in [0, 0.1) is 12.8 Å². The molecule has 0 amide bonds. The molecule has 1 aromatic rings. The highest BCUT2D eigenvalue weighted by molar-refractivity contribution is 5.49. The number of benzene rings is 1. The van der Waals surface area contributed by atoms with Gasteiger partial charge in [0.1, 0.15) is 0 Å². The van der Waals surface area contributed by atoms with E-state index in [0.717, 1.165) is 13.0 Å². The van der Waals surface area contributed by atoms with Crippen LogP contribution in [0.2, 0.25) is 0 Å². The fourth-order valence-electron chi connectivity index (χ4n) is 2.57. The minimum absolute atomic E-state index is 0.357. The minimum atomic E-state index is 0.357. The molecule has 0 bridgehead atoms. The Hall–Kier alpha value is -1.02.